The molecule has 3 rings (SSSR count). The summed E-state index contributed by atoms with van der Waals surface area (Å²) in [7, 11) is 3.56. The minimum Gasteiger partial charge on any atom is -0.355 e. The van der Waals surface area contributed by atoms with Gasteiger partial charge >= 0.3 is 0 Å². The van der Waals surface area contributed by atoms with E-state index in [2.05, 4.69) is 48.2 Å². The second-order valence-electron chi connectivity index (χ2n) is 10.7. The van der Waals surface area contributed by atoms with Gasteiger partial charge < -0.3 is 25.4 Å². The summed E-state index contributed by atoms with van der Waals surface area (Å²) in [6.45, 7) is 11.9. The Labute approximate surface area is 227 Å². The van der Waals surface area contributed by atoms with E-state index < -0.39 is 0 Å². The lowest BCUT2D eigenvalue weighted by Crippen LogP contribution is -2.34. The fraction of sp³-hybridized carbons (Fsp3) is 0.500. The van der Waals surface area contributed by atoms with Crippen LogP contribution in [0.4, 0.5) is 11.6 Å². The Balaban J connectivity index is 1.93. The highest BCUT2D eigenvalue weighted by Gasteiger charge is 2.19. The first-order valence-corrected chi connectivity index (χ1v) is 13.8. The minimum atomic E-state index is -0.121. The number of hydrogen-bond acceptors (Lipinski definition) is 5. The molecule has 3 N–H and O–H groups in total. The second-order valence-corrected chi connectivity index (χ2v) is 10.7. The Morgan fingerprint density at radius 1 is 0.921 bits per heavy atom. The summed E-state index contributed by atoms with van der Waals surface area (Å²) in [4.78, 5) is 32.4. The highest BCUT2D eigenvalue weighted by molar-refractivity contribution is 5.98. The van der Waals surface area contributed by atoms with Gasteiger partial charge in [-0.25, -0.2) is 4.98 Å². The summed E-state index contributed by atoms with van der Waals surface area (Å²) in [6.07, 6.45) is 2.89. The lowest BCUT2D eigenvalue weighted by atomic mass is 10.1. The lowest BCUT2D eigenvalue weighted by Gasteiger charge is -2.24. The van der Waals surface area contributed by atoms with Crippen molar-refractivity contribution in [2.24, 2.45) is 11.8 Å². The van der Waals surface area contributed by atoms with Crippen LogP contribution < -0.4 is 16.0 Å². The van der Waals surface area contributed by atoms with Crippen molar-refractivity contribution in [3.05, 3.63) is 53.6 Å². The lowest BCUT2D eigenvalue weighted by molar-refractivity contribution is 0.0740. The van der Waals surface area contributed by atoms with Crippen molar-refractivity contribution in [2.75, 3.05) is 39.0 Å². The van der Waals surface area contributed by atoms with Crippen molar-refractivity contribution in [1.29, 1.82) is 0 Å². The van der Waals surface area contributed by atoms with Crippen LogP contribution in [0.15, 0.2) is 42.5 Å². The molecule has 0 aliphatic carbocycles. The molecule has 3 aromatic rings. The molecule has 0 fully saturated rings. The third kappa shape index (κ3) is 7.81. The summed E-state index contributed by atoms with van der Waals surface area (Å²) in [5.74, 6) is 1.75. The molecular weight excluding hydrogens is 476 g/mol. The van der Waals surface area contributed by atoms with Crippen LogP contribution in [0.25, 0.3) is 11.0 Å². The quantitative estimate of drug-likeness (QED) is 0.252. The Kier molecular flexibility index (Phi) is 10.7. The van der Waals surface area contributed by atoms with E-state index in [0.717, 1.165) is 62.2 Å². The monoisotopic (exact) mass is 520 g/mol. The van der Waals surface area contributed by atoms with Gasteiger partial charge in [-0.2, -0.15) is 0 Å². The zero-order chi connectivity index (χ0) is 27.7. The molecule has 8 nitrogen and oxygen atoms in total. The van der Waals surface area contributed by atoms with E-state index in [0.29, 0.717) is 28.9 Å². The Hall–Kier alpha value is -3.39. The fourth-order valence-electron chi connectivity index (χ4n) is 4.30. The van der Waals surface area contributed by atoms with Crippen molar-refractivity contribution in [1.82, 2.24) is 25.1 Å². The summed E-state index contributed by atoms with van der Waals surface area (Å²) in [6, 6.07) is 13.1. The number of aryl methyl sites for hydroxylation is 1. The largest absolute Gasteiger partial charge is 0.355 e. The van der Waals surface area contributed by atoms with Gasteiger partial charge in [0.2, 0.25) is 5.95 Å². The number of hydrogen-bond donors (Lipinski definition) is 3. The molecule has 0 bridgehead atoms. The van der Waals surface area contributed by atoms with E-state index >= 15 is 0 Å². The number of nitrogens with one attached hydrogen (secondary N) is 3. The van der Waals surface area contributed by atoms with Gasteiger partial charge in [-0.3, -0.25) is 9.59 Å². The molecular formula is C30H44N6O2. The molecule has 0 spiro atoms. The van der Waals surface area contributed by atoms with Crippen LogP contribution in [-0.4, -0.2) is 60.0 Å². The van der Waals surface area contributed by atoms with Gasteiger partial charge in [0.25, 0.3) is 11.8 Å². The van der Waals surface area contributed by atoms with E-state index in [4.69, 9.17) is 4.98 Å². The number of nitrogens with zero attached hydrogens (tertiary/aromatic N) is 3. The molecule has 2 amide bonds. The molecule has 38 heavy (non-hydrogen) atoms. The van der Waals surface area contributed by atoms with Gasteiger partial charge in [0.05, 0.1) is 11.0 Å². The molecule has 0 aliphatic heterocycles. The number of amides is 2. The summed E-state index contributed by atoms with van der Waals surface area (Å²) < 4.78 is 2.14. The number of imidazole rings is 1. The average molecular weight is 521 g/mol. The maximum absolute atomic E-state index is 13.6. The molecule has 0 saturated heterocycles. The molecule has 0 aliphatic rings. The third-order valence-electron chi connectivity index (χ3n) is 6.67. The molecule has 0 radical (unpaired) electrons. The number of carbonyl (C=O) groups excluding carboxylic acids is 2. The maximum Gasteiger partial charge on any atom is 0.253 e. The highest BCUT2D eigenvalue weighted by Crippen LogP contribution is 2.25. The first-order chi connectivity index (χ1) is 18.2. The number of aromatic nitrogens is 2. The topological polar surface area (TPSA) is 91.3 Å². The van der Waals surface area contributed by atoms with E-state index in [1.54, 1.807) is 19.2 Å². The van der Waals surface area contributed by atoms with Gasteiger partial charge in [0.1, 0.15) is 0 Å². The third-order valence-corrected chi connectivity index (χ3v) is 6.67. The number of anilines is 2. The van der Waals surface area contributed by atoms with Crippen molar-refractivity contribution in [3.8, 4) is 0 Å². The first kappa shape index (κ1) is 29.2. The minimum absolute atomic E-state index is 0.0791. The fourth-order valence-corrected chi connectivity index (χ4v) is 4.30. The standard InChI is InChI=1S/C30H44N6O2/c1-21(2)14-18-35(19-15-22(3)4)29(38)24-10-13-26-27(20-24)36(17-7-16-31-5)30(34-26)33-25-11-8-23(9-12-25)28(37)32-6/h8-13,20-22,31H,7,14-19H2,1-6H3,(H,32,37)(H,33,34). The van der Waals surface area contributed by atoms with Crippen molar-refractivity contribution in [2.45, 2.75) is 53.5 Å². The highest BCUT2D eigenvalue weighted by atomic mass is 16.2. The number of carbonyl (C=O) groups is 2. The molecule has 206 valence electrons. The molecule has 0 unspecified atom stereocenters. The predicted molar refractivity (Wildman–Crippen MR) is 156 cm³/mol. The zero-order valence-corrected chi connectivity index (χ0v) is 23.8. The Morgan fingerprint density at radius 2 is 1.55 bits per heavy atom. The van der Waals surface area contributed by atoms with Crippen LogP contribution in [-0.2, 0) is 6.54 Å². The van der Waals surface area contributed by atoms with Crippen LogP contribution in [0, 0.1) is 11.8 Å². The molecule has 1 heterocycles. The average Bonchev–Trinajstić information content (AvgIpc) is 3.24. The Morgan fingerprint density at radius 3 is 2.13 bits per heavy atom. The molecule has 1 aromatic heterocycles. The van der Waals surface area contributed by atoms with Crippen molar-refractivity contribution in [3.63, 3.8) is 0 Å². The summed E-state index contributed by atoms with van der Waals surface area (Å²) >= 11 is 0. The zero-order valence-electron chi connectivity index (χ0n) is 23.8. The van der Waals surface area contributed by atoms with Gasteiger partial charge in [-0.1, -0.05) is 27.7 Å². The second kappa shape index (κ2) is 14.0. The maximum atomic E-state index is 13.6. The van der Waals surface area contributed by atoms with Gasteiger partial charge in [-0.15, -0.1) is 0 Å². The smallest absolute Gasteiger partial charge is 0.253 e. The first-order valence-electron chi connectivity index (χ1n) is 13.8. The van der Waals surface area contributed by atoms with Gasteiger partial charge in [0.15, 0.2) is 0 Å². The van der Waals surface area contributed by atoms with E-state index in [-0.39, 0.29) is 11.8 Å². The summed E-state index contributed by atoms with van der Waals surface area (Å²) in [5.41, 5.74) is 3.91. The van der Waals surface area contributed by atoms with E-state index in [1.807, 2.05) is 42.3 Å². The summed E-state index contributed by atoms with van der Waals surface area (Å²) in [5, 5.41) is 9.26. The van der Waals surface area contributed by atoms with E-state index in [9.17, 15) is 9.59 Å². The molecule has 8 heteroatoms. The van der Waals surface area contributed by atoms with Crippen LogP contribution in [0.3, 0.4) is 0 Å². The SMILES string of the molecule is CNCCCn1c(Nc2ccc(C(=O)NC)cc2)nc2ccc(C(=O)N(CCC(C)C)CCC(C)C)cc21. The normalized spacial score (nSPS) is 11.4. The van der Waals surface area contributed by atoms with E-state index in [1.165, 1.54) is 0 Å². The molecule has 0 atom stereocenters. The van der Waals surface area contributed by atoms with Gasteiger partial charge in [0, 0.05) is 43.5 Å². The van der Waals surface area contributed by atoms with Crippen LogP contribution in [0.1, 0.15) is 67.7 Å². The predicted octanol–water partition coefficient (Wildman–Crippen LogP) is 5.28. The molecule has 0 saturated carbocycles. The van der Waals surface area contributed by atoms with Crippen molar-refractivity contribution >= 4 is 34.5 Å². The van der Waals surface area contributed by atoms with Gasteiger partial charge in [-0.05, 0) is 87.2 Å². The van der Waals surface area contributed by atoms with Crippen molar-refractivity contribution < 1.29 is 9.59 Å². The molecule has 2 aromatic carbocycles. The van der Waals surface area contributed by atoms with Crippen LogP contribution in [0.5, 0.6) is 0 Å². The number of fused-ring (bicyclic) bond motifs is 1. The van der Waals surface area contributed by atoms with Crippen LogP contribution >= 0.6 is 0 Å². The Bertz CT molecular complexity index is 1190. The van der Waals surface area contributed by atoms with Crippen LogP contribution in [0.2, 0.25) is 0 Å². The number of benzene rings is 2. The number of rotatable bonds is 14.